The van der Waals surface area contributed by atoms with E-state index in [2.05, 4.69) is 30.9 Å². The Labute approximate surface area is 122 Å². The van der Waals surface area contributed by atoms with Crippen LogP contribution < -0.4 is 5.69 Å². The van der Waals surface area contributed by atoms with Crippen molar-refractivity contribution in [2.24, 2.45) is 0 Å². The highest BCUT2D eigenvalue weighted by molar-refractivity contribution is 9.10. The van der Waals surface area contributed by atoms with Crippen LogP contribution in [-0.4, -0.2) is 30.6 Å². The molecule has 2 heterocycles. The van der Waals surface area contributed by atoms with Crippen LogP contribution in [0.25, 0.3) is 0 Å². The molecule has 0 amide bonds. The highest BCUT2D eigenvalue weighted by Gasteiger charge is 2.15. The Morgan fingerprint density at radius 2 is 2.15 bits per heavy atom. The van der Waals surface area contributed by atoms with Crippen LogP contribution in [-0.2, 0) is 6.54 Å². The number of carbonyl (C=O) groups is 1. The number of hydrogen-bond donors (Lipinski definition) is 1. The quantitative estimate of drug-likeness (QED) is 0.901. The van der Waals surface area contributed by atoms with Gasteiger partial charge in [-0.25, -0.2) is 19.6 Å². The lowest BCUT2D eigenvalue weighted by molar-refractivity contribution is 0.0694. The molecular formula is C12H11BrN4O3. The summed E-state index contributed by atoms with van der Waals surface area (Å²) in [6.45, 7) is 3.50. The van der Waals surface area contributed by atoms with E-state index in [1.165, 1.54) is 17.1 Å². The molecule has 8 heteroatoms. The Morgan fingerprint density at radius 3 is 2.80 bits per heavy atom. The summed E-state index contributed by atoms with van der Waals surface area (Å²) in [5, 5.41) is 9.09. The van der Waals surface area contributed by atoms with Gasteiger partial charge in [0.1, 0.15) is 11.9 Å². The number of aromatic carboxylic acids is 1. The van der Waals surface area contributed by atoms with Crippen molar-refractivity contribution in [3.8, 4) is 0 Å². The van der Waals surface area contributed by atoms with Crippen molar-refractivity contribution in [3.63, 3.8) is 0 Å². The predicted molar refractivity (Wildman–Crippen MR) is 73.8 cm³/mol. The van der Waals surface area contributed by atoms with E-state index in [1.54, 1.807) is 13.8 Å². The maximum absolute atomic E-state index is 11.9. The van der Waals surface area contributed by atoms with Gasteiger partial charge in [-0.1, -0.05) is 0 Å². The second-order valence-electron chi connectivity index (χ2n) is 4.15. The van der Waals surface area contributed by atoms with Gasteiger partial charge in [0.05, 0.1) is 22.4 Å². The zero-order chi connectivity index (χ0) is 14.9. The standard InChI is InChI=1S/C12H11BrN4O3/c1-6-10(13)7(2)17(12(20)16-6)4-9-8(11(18)19)3-14-5-15-9/h3,5H,4H2,1-2H3,(H,18,19). The van der Waals surface area contributed by atoms with Gasteiger partial charge in [-0.2, -0.15) is 4.98 Å². The fourth-order valence-corrected chi connectivity index (χ4v) is 2.07. The molecule has 0 aliphatic carbocycles. The molecule has 7 nitrogen and oxygen atoms in total. The largest absolute Gasteiger partial charge is 0.478 e. The van der Waals surface area contributed by atoms with E-state index >= 15 is 0 Å². The molecule has 2 rings (SSSR count). The molecule has 2 aromatic rings. The first kappa shape index (κ1) is 14.3. The number of hydrogen-bond acceptors (Lipinski definition) is 5. The van der Waals surface area contributed by atoms with Crippen LogP contribution in [0.2, 0.25) is 0 Å². The second-order valence-corrected chi connectivity index (χ2v) is 4.95. The molecule has 0 aliphatic rings. The monoisotopic (exact) mass is 338 g/mol. The molecule has 0 bridgehead atoms. The van der Waals surface area contributed by atoms with Crippen molar-refractivity contribution >= 4 is 21.9 Å². The molecule has 0 saturated carbocycles. The van der Waals surface area contributed by atoms with Crippen molar-refractivity contribution in [1.82, 2.24) is 19.5 Å². The molecule has 0 aliphatic heterocycles. The molecule has 0 fully saturated rings. The van der Waals surface area contributed by atoms with E-state index < -0.39 is 11.7 Å². The summed E-state index contributed by atoms with van der Waals surface area (Å²) in [5.41, 5.74) is 1.03. The SMILES string of the molecule is Cc1nc(=O)n(Cc2ncncc2C(=O)O)c(C)c1Br. The van der Waals surface area contributed by atoms with Crippen molar-refractivity contribution in [1.29, 1.82) is 0 Å². The fourth-order valence-electron chi connectivity index (χ4n) is 1.77. The smallest absolute Gasteiger partial charge is 0.348 e. The second kappa shape index (κ2) is 5.49. The van der Waals surface area contributed by atoms with Gasteiger partial charge in [0, 0.05) is 11.9 Å². The molecule has 0 aromatic carbocycles. The van der Waals surface area contributed by atoms with E-state index in [0.29, 0.717) is 15.9 Å². The molecule has 1 N–H and O–H groups in total. The van der Waals surface area contributed by atoms with Crippen LogP contribution in [0.5, 0.6) is 0 Å². The fraction of sp³-hybridized carbons (Fsp3) is 0.250. The molecule has 20 heavy (non-hydrogen) atoms. The third kappa shape index (κ3) is 2.60. The maximum atomic E-state index is 11.9. The Kier molecular flexibility index (Phi) is 3.93. The van der Waals surface area contributed by atoms with Crippen LogP contribution in [0.15, 0.2) is 21.8 Å². The summed E-state index contributed by atoms with van der Waals surface area (Å²) in [6, 6.07) is 0. The first-order valence-electron chi connectivity index (χ1n) is 5.67. The Bertz CT molecular complexity index is 742. The van der Waals surface area contributed by atoms with Gasteiger partial charge < -0.3 is 5.11 Å². The van der Waals surface area contributed by atoms with Gasteiger partial charge in [-0.15, -0.1) is 0 Å². The summed E-state index contributed by atoms with van der Waals surface area (Å²) in [5.74, 6) is -1.13. The minimum atomic E-state index is -1.13. The molecule has 0 saturated heterocycles. The first-order valence-corrected chi connectivity index (χ1v) is 6.46. The molecule has 104 valence electrons. The number of rotatable bonds is 3. The number of carboxylic acid groups (broad SMARTS) is 1. The Balaban J connectivity index is 2.54. The number of aryl methyl sites for hydroxylation is 1. The topological polar surface area (TPSA) is 98.0 Å². The Morgan fingerprint density at radius 1 is 1.45 bits per heavy atom. The summed E-state index contributed by atoms with van der Waals surface area (Å²) >= 11 is 3.35. The van der Waals surface area contributed by atoms with Gasteiger partial charge in [-0.3, -0.25) is 4.57 Å². The van der Waals surface area contributed by atoms with Gasteiger partial charge in [-0.05, 0) is 29.8 Å². The van der Waals surface area contributed by atoms with E-state index in [9.17, 15) is 9.59 Å². The third-order valence-electron chi connectivity index (χ3n) is 2.87. The van der Waals surface area contributed by atoms with Crippen molar-refractivity contribution in [3.05, 3.63) is 50.1 Å². The zero-order valence-corrected chi connectivity index (χ0v) is 12.4. The number of aromatic nitrogens is 4. The zero-order valence-electron chi connectivity index (χ0n) is 10.8. The minimum absolute atomic E-state index is 0.0285. The highest BCUT2D eigenvalue weighted by atomic mass is 79.9. The third-order valence-corrected chi connectivity index (χ3v) is 4.02. The van der Waals surface area contributed by atoms with Crippen LogP contribution in [0, 0.1) is 13.8 Å². The highest BCUT2D eigenvalue weighted by Crippen LogP contribution is 2.17. The number of halogens is 1. The predicted octanol–water partition coefficient (Wildman–Crippen LogP) is 1.16. The lowest BCUT2D eigenvalue weighted by Crippen LogP contribution is -2.28. The van der Waals surface area contributed by atoms with Crippen molar-refractivity contribution in [2.45, 2.75) is 20.4 Å². The summed E-state index contributed by atoms with van der Waals surface area (Å²) < 4.78 is 2.08. The van der Waals surface area contributed by atoms with E-state index in [1.807, 2.05) is 0 Å². The summed E-state index contributed by atoms with van der Waals surface area (Å²) in [4.78, 5) is 34.5. The molecular weight excluding hydrogens is 328 g/mol. The molecule has 0 spiro atoms. The van der Waals surface area contributed by atoms with Crippen LogP contribution in [0.3, 0.4) is 0 Å². The summed E-state index contributed by atoms with van der Waals surface area (Å²) in [6.07, 6.45) is 2.46. The lowest BCUT2D eigenvalue weighted by Gasteiger charge is -2.12. The average molecular weight is 339 g/mol. The van der Waals surface area contributed by atoms with Gasteiger partial charge >= 0.3 is 11.7 Å². The molecule has 0 unspecified atom stereocenters. The number of carboxylic acids is 1. The van der Waals surface area contributed by atoms with E-state index in [-0.39, 0.29) is 17.8 Å². The lowest BCUT2D eigenvalue weighted by atomic mass is 10.2. The minimum Gasteiger partial charge on any atom is -0.478 e. The average Bonchev–Trinajstić information content (AvgIpc) is 2.41. The van der Waals surface area contributed by atoms with Crippen molar-refractivity contribution in [2.75, 3.05) is 0 Å². The Hall–Kier alpha value is -2.09. The van der Waals surface area contributed by atoms with Gasteiger partial charge in [0.15, 0.2) is 0 Å². The normalized spacial score (nSPS) is 10.6. The van der Waals surface area contributed by atoms with Gasteiger partial charge in [0.25, 0.3) is 0 Å². The summed E-state index contributed by atoms with van der Waals surface area (Å²) in [7, 11) is 0. The number of nitrogens with zero attached hydrogens (tertiary/aromatic N) is 4. The van der Waals surface area contributed by atoms with E-state index in [0.717, 1.165) is 0 Å². The molecule has 0 atom stereocenters. The van der Waals surface area contributed by atoms with Crippen LogP contribution in [0.1, 0.15) is 27.4 Å². The van der Waals surface area contributed by atoms with Crippen molar-refractivity contribution < 1.29 is 9.90 Å². The van der Waals surface area contributed by atoms with Crippen LogP contribution in [0.4, 0.5) is 0 Å². The maximum Gasteiger partial charge on any atom is 0.348 e. The van der Waals surface area contributed by atoms with Gasteiger partial charge in [0.2, 0.25) is 0 Å². The molecule has 0 radical (unpaired) electrons. The molecule has 2 aromatic heterocycles. The van der Waals surface area contributed by atoms with Crippen LogP contribution >= 0.6 is 15.9 Å². The van der Waals surface area contributed by atoms with E-state index in [4.69, 9.17) is 5.11 Å². The first-order chi connectivity index (χ1) is 9.41.